The minimum absolute atomic E-state index is 0.362. The maximum atomic E-state index is 5.92. The zero-order chi connectivity index (χ0) is 13.8. The zero-order valence-corrected chi connectivity index (χ0v) is 12.3. The van der Waals surface area contributed by atoms with Crippen molar-refractivity contribution in [3.8, 4) is 0 Å². The van der Waals surface area contributed by atoms with E-state index in [0.717, 1.165) is 0 Å². The second-order valence-corrected chi connectivity index (χ2v) is 6.31. The third kappa shape index (κ3) is 2.97. The van der Waals surface area contributed by atoms with Crippen LogP contribution in [0.1, 0.15) is 49.7 Å². The van der Waals surface area contributed by atoms with Gasteiger partial charge < -0.3 is 0 Å². The molecule has 0 aliphatic heterocycles. The summed E-state index contributed by atoms with van der Waals surface area (Å²) in [5, 5.41) is 0. The molecule has 1 aromatic carbocycles. The molecule has 0 amide bonds. The standard InChI is InChI=1S/C18H26N2/c19-20-18(14-8-4-2-1-3-5-9-14)17-12-15-10-6-7-11-16(15)13-17/h6-8,10-11,17-18,20H,1-5,9,12-13,19H2/b14-8+. The van der Waals surface area contributed by atoms with Gasteiger partial charge in [0.2, 0.25) is 0 Å². The number of benzene rings is 1. The number of nitrogens with one attached hydrogen (secondary N) is 1. The Morgan fingerprint density at radius 1 is 1.00 bits per heavy atom. The second kappa shape index (κ2) is 6.55. The summed E-state index contributed by atoms with van der Waals surface area (Å²) in [4.78, 5) is 0. The van der Waals surface area contributed by atoms with Gasteiger partial charge in [-0.15, -0.1) is 0 Å². The van der Waals surface area contributed by atoms with Gasteiger partial charge in [-0.2, -0.15) is 0 Å². The van der Waals surface area contributed by atoms with Crippen molar-refractivity contribution >= 4 is 0 Å². The van der Waals surface area contributed by atoms with E-state index in [9.17, 15) is 0 Å². The highest BCUT2D eigenvalue weighted by Crippen LogP contribution is 2.32. The summed E-state index contributed by atoms with van der Waals surface area (Å²) in [6, 6.07) is 9.22. The van der Waals surface area contributed by atoms with Crippen LogP contribution in [0.5, 0.6) is 0 Å². The van der Waals surface area contributed by atoms with Crippen molar-refractivity contribution in [1.29, 1.82) is 0 Å². The number of hydrogen-bond donors (Lipinski definition) is 2. The molecule has 2 aliphatic carbocycles. The van der Waals surface area contributed by atoms with Crippen molar-refractivity contribution < 1.29 is 0 Å². The van der Waals surface area contributed by atoms with E-state index in [2.05, 4.69) is 35.8 Å². The van der Waals surface area contributed by atoms with Crippen LogP contribution < -0.4 is 11.3 Å². The molecule has 0 heterocycles. The lowest BCUT2D eigenvalue weighted by atomic mass is 9.86. The molecule has 3 N–H and O–H groups in total. The first kappa shape index (κ1) is 13.8. The second-order valence-electron chi connectivity index (χ2n) is 6.31. The first-order chi connectivity index (χ1) is 9.88. The first-order valence-electron chi connectivity index (χ1n) is 8.10. The number of rotatable bonds is 3. The van der Waals surface area contributed by atoms with Crippen molar-refractivity contribution in [2.45, 2.75) is 57.4 Å². The number of fused-ring (bicyclic) bond motifs is 1. The molecule has 0 saturated heterocycles. The van der Waals surface area contributed by atoms with Gasteiger partial charge in [-0.25, -0.2) is 0 Å². The lowest BCUT2D eigenvalue weighted by Crippen LogP contribution is -2.43. The Hall–Kier alpha value is -1.12. The summed E-state index contributed by atoms with van der Waals surface area (Å²) in [5.41, 5.74) is 7.72. The van der Waals surface area contributed by atoms with E-state index >= 15 is 0 Å². The van der Waals surface area contributed by atoms with Gasteiger partial charge in [-0.05, 0) is 55.6 Å². The van der Waals surface area contributed by atoms with Gasteiger partial charge >= 0.3 is 0 Å². The summed E-state index contributed by atoms with van der Waals surface area (Å²) >= 11 is 0. The van der Waals surface area contributed by atoms with E-state index in [-0.39, 0.29) is 0 Å². The maximum Gasteiger partial charge on any atom is 0.0454 e. The van der Waals surface area contributed by atoms with E-state index in [1.54, 1.807) is 5.57 Å². The third-order valence-corrected chi connectivity index (χ3v) is 4.96. The van der Waals surface area contributed by atoms with Crippen LogP contribution in [0.25, 0.3) is 0 Å². The molecular weight excluding hydrogens is 244 g/mol. The molecule has 0 bridgehead atoms. The normalized spacial score (nSPS) is 24.4. The molecule has 0 saturated carbocycles. The molecule has 1 atom stereocenters. The van der Waals surface area contributed by atoms with E-state index < -0.39 is 0 Å². The van der Waals surface area contributed by atoms with Gasteiger partial charge in [-0.1, -0.05) is 48.8 Å². The van der Waals surface area contributed by atoms with Gasteiger partial charge in [-0.3, -0.25) is 11.3 Å². The predicted molar refractivity (Wildman–Crippen MR) is 84.2 cm³/mol. The van der Waals surface area contributed by atoms with E-state index in [4.69, 9.17) is 5.84 Å². The Morgan fingerprint density at radius 3 is 2.40 bits per heavy atom. The highest BCUT2D eigenvalue weighted by Gasteiger charge is 2.29. The Balaban J connectivity index is 1.74. The maximum absolute atomic E-state index is 5.92. The van der Waals surface area contributed by atoms with Crippen molar-refractivity contribution in [3.05, 3.63) is 47.0 Å². The van der Waals surface area contributed by atoms with Gasteiger partial charge in [0.05, 0.1) is 0 Å². The van der Waals surface area contributed by atoms with Crippen LogP contribution in [0.2, 0.25) is 0 Å². The molecular formula is C18H26N2. The van der Waals surface area contributed by atoms with Crippen molar-refractivity contribution in [2.24, 2.45) is 11.8 Å². The predicted octanol–water partition coefficient (Wildman–Crippen LogP) is 3.51. The van der Waals surface area contributed by atoms with Gasteiger partial charge in [0.25, 0.3) is 0 Å². The average molecular weight is 270 g/mol. The first-order valence-corrected chi connectivity index (χ1v) is 8.10. The summed E-state index contributed by atoms with van der Waals surface area (Å²) in [7, 11) is 0. The fraction of sp³-hybridized carbons (Fsp3) is 0.556. The van der Waals surface area contributed by atoms with E-state index in [1.807, 2.05) is 0 Å². The number of allylic oxidation sites excluding steroid dienone is 1. The van der Waals surface area contributed by atoms with Crippen molar-refractivity contribution in [1.82, 2.24) is 5.43 Å². The lowest BCUT2D eigenvalue weighted by molar-refractivity contribution is 0.397. The molecule has 1 aromatic rings. The molecule has 2 heteroatoms. The SMILES string of the molecule is NNC(/C1=C/CCCCCC1)C1Cc2ccccc2C1. The Morgan fingerprint density at radius 2 is 1.70 bits per heavy atom. The largest absolute Gasteiger partial charge is 0.271 e. The minimum Gasteiger partial charge on any atom is -0.271 e. The van der Waals surface area contributed by atoms with Gasteiger partial charge in [0, 0.05) is 6.04 Å². The highest BCUT2D eigenvalue weighted by molar-refractivity contribution is 5.34. The lowest BCUT2D eigenvalue weighted by Gasteiger charge is -2.27. The molecule has 1 unspecified atom stereocenters. The number of hydrogen-bond acceptors (Lipinski definition) is 2. The summed E-state index contributed by atoms with van der Waals surface area (Å²) in [6.45, 7) is 0. The number of nitrogens with two attached hydrogens (primary N) is 1. The van der Waals surface area contributed by atoms with E-state index in [0.29, 0.717) is 12.0 Å². The zero-order valence-electron chi connectivity index (χ0n) is 12.3. The summed E-state index contributed by atoms with van der Waals surface area (Å²) in [5.74, 6) is 6.55. The van der Waals surface area contributed by atoms with E-state index in [1.165, 1.54) is 62.5 Å². The molecule has 2 aliphatic rings. The Labute approximate surface area is 122 Å². The summed E-state index contributed by atoms with van der Waals surface area (Å²) < 4.78 is 0. The van der Waals surface area contributed by atoms with Crippen LogP contribution in [0.4, 0.5) is 0 Å². The molecule has 2 nitrogen and oxygen atoms in total. The molecule has 0 fully saturated rings. The minimum atomic E-state index is 0.362. The molecule has 20 heavy (non-hydrogen) atoms. The van der Waals surface area contributed by atoms with Crippen LogP contribution in [0, 0.1) is 5.92 Å². The van der Waals surface area contributed by atoms with Crippen LogP contribution >= 0.6 is 0 Å². The molecule has 0 spiro atoms. The molecule has 3 rings (SSSR count). The van der Waals surface area contributed by atoms with Crippen LogP contribution in [-0.2, 0) is 12.8 Å². The third-order valence-electron chi connectivity index (χ3n) is 4.96. The van der Waals surface area contributed by atoms with Gasteiger partial charge in [0.15, 0.2) is 0 Å². The highest BCUT2D eigenvalue weighted by atomic mass is 15.2. The number of hydrazine groups is 1. The smallest absolute Gasteiger partial charge is 0.0454 e. The van der Waals surface area contributed by atoms with Gasteiger partial charge in [0.1, 0.15) is 0 Å². The monoisotopic (exact) mass is 270 g/mol. The Kier molecular flexibility index (Phi) is 4.54. The fourth-order valence-electron chi connectivity index (χ4n) is 3.87. The van der Waals surface area contributed by atoms with Crippen molar-refractivity contribution in [2.75, 3.05) is 0 Å². The summed E-state index contributed by atoms with van der Waals surface area (Å²) in [6.07, 6.45) is 12.7. The Bertz CT molecular complexity index is 453. The fourth-order valence-corrected chi connectivity index (χ4v) is 3.87. The van der Waals surface area contributed by atoms with Crippen LogP contribution in [0.15, 0.2) is 35.9 Å². The van der Waals surface area contributed by atoms with Crippen LogP contribution in [-0.4, -0.2) is 6.04 Å². The van der Waals surface area contributed by atoms with Crippen LogP contribution in [0.3, 0.4) is 0 Å². The topological polar surface area (TPSA) is 38.0 Å². The quantitative estimate of drug-likeness (QED) is 0.501. The molecule has 108 valence electrons. The average Bonchev–Trinajstić information content (AvgIpc) is 2.85. The van der Waals surface area contributed by atoms with Crippen molar-refractivity contribution in [3.63, 3.8) is 0 Å². The molecule has 0 aromatic heterocycles. The molecule has 0 radical (unpaired) electrons.